The highest BCUT2D eigenvalue weighted by atomic mass is 16.5. The van der Waals surface area contributed by atoms with E-state index in [4.69, 9.17) is 9.84 Å². The molecule has 1 saturated heterocycles. The minimum atomic E-state index is -0.0765. The van der Waals surface area contributed by atoms with Crippen molar-refractivity contribution < 1.29 is 9.53 Å². The van der Waals surface area contributed by atoms with Gasteiger partial charge in [-0.25, -0.2) is 0 Å². The Balaban J connectivity index is 1.55. The number of hydrogen-bond donors (Lipinski definition) is 1. The van der Waals surface area contributed by atoms with Crippen molar-refractivity contribution in [3.63, 3.8) is 0 Å². The molecule has 1 aliphatic carbocycles. The number of rotatable bonds is 5. The lowest BCUT2D eigenvalue weighted by Crippen LogP contribution is -2.46. The van der Waals surface area contributed by atoms with Crippen LogP contribution < -0.4 is 5.32 Å². The number of aryl methyl sites for hydroxylation is 2. The molecule has 0 spiro atoms. The van der Waals surface area contributed by atoms with Gasteiger partial charge >= 0.3 is 0 Å². The summed E-state index contributed by atoms with van der Waals surface area (Å²) in [6.07, 6.45) is 3.94. The third-order valence-electron chi connectivity index (χ3n) is 5.78. The molecule has 1 aromatic carbocycles. The number of benzene rings is 1. The quantitative estimate of drug-likeness (QED) is 0.872. The fraction of sp³-hybridized carbons (Fsp3) is 0.524. The predicted octanol–water partition coefficient (Wildman–Crippen LogP) is 1.67. The number of hydrogen-bond acceptors (Lipinski definition) is 4. The monoisotopic (exact) mass is 368 g/mol. The minimum absolute atomic E-state index is 0.0765. The lowest BCUT2D eigenvalue weighted by Gasteiger charge is -2.36. The summed E-state index contributed by atoms with van der Waals surface area (Å²) in [6, 6.07) is 10.9. The summed E-state index contributed by atoms with van der Waals surface area (Å²) in [5, 5.41) is 7.48. The van der Waals surface area contributed by atoms with Crippen molar-refractivity contribution in [2.45, 2.75) is 38.3 Å². The third kappa shape index (κ3) is 3.92. The van der Waals surface area contributed by atoms with Crippen LogP contribution in [0.2, 0.25) is 0 Å². The molecule has 0 saturated carbocycles. The first-order chi connectivity index (χ1) is 13.3. The van der Waals surface area contributed by atoms with Gasteiger partial charge in [-0.15, -0.1) is 0 Å². The number of nitrogens with zero attached hydrogens (tertiary/aromatic N) is 3. The van der Waals surface area contributed by atoms with Crippen molar-refractivity contribution in [1.82, 2.24) is 20.0 Å². The average Bonchev–Trinajstić information content (AvgIpc) is 3.11. The van der Waals surface area contributed by atoms with E-state index >= 15 is 0 Å². The average molecular weight is 368 g/mol. The first-order valence-electron chi connectivity index (χ1n) is 9.92. The molecule has 27 heavy (non-hydrogen) atoms. The van der Waals surface area contributed by atoms with Crippen LogP contribution in [0.3, 0.4) is 0 Å². The maximum atomic E-state index is 12.4. The first kappa shape index (κ1) is 18.2. The zero-order valence-electron chi connectivity index (χ0n) is 16.0. The van der Waals surface area contributed by atoms with Gasteiger partial charge in [0.2, 0.25) is 0 Å². The fourth-order valence-electron chi connectivity index (χ4n) is 4.29. The van der Waals surface area contributed by atoms with Crippen molar-refractivity contribution in [3.8, 4) is 0 Å². The lowest BCUT2D eigenvalue weighted by atomic mass is 9.90. The standard InChI is InChI=1S/C21H28N4O2/c1-22-21(26)20-18-15-17(24-11-13-27-14-12-24)7-8-19(18)25(23-20)10-9-16-5-3-2-4-6-16/h2-6,17H,7-15H2,1H3,(H,22,26). The summed E-state index contributed by atoms with van der Waals surface area (Å²) in [5.41, 5.74) is 4.29. The number of carbonyl (C=O) groups is 1. The lowest BCUT2D eigenvalue weighted by molar-refractivity contribution is 0.0135. The van der Waals surface area contributed by atoms with Crippen molar-refractivity contribution in [2.24, 2.45) is 0 Å². The second-order valence-electron chi connectivity index (χ2n) is 7.36. The van der Waals surface area contributed by atoms with Gasteiger partial charge in [-0.2, -0.15) is 5.10 Å². The second-order valence-corrected chi connectivity index (χ2v) is 7.36. The minimum Gasteiger partial charge on any atom is -0.379 e. The summed E-state index contributed by atoms with van der Waals surface area (Å²) in [7, 11) is 1.68. The van der Waals surface area contributed by atoms with E-state index in [1.807, 2.05) is 6.07 Å². The molecule has 1 N–H and O–H groups in total. The number of morpholine rings is 1. The maximum Gasteiger partial charge on any atom is 0.271 e. The van der Waals surface area contributed by atoms with Gasteiger partial charge in [0.05, 0.1) is 13.2 Å². The Morgan fingerprint density at radius 3 is 2.78 bits per heavy atom. The summed E-state index contributed by atoms with van der Waals surface area (Å²) in [6.45, 7) is 4.39. The van der Waals surface area contributed by atoms with E-state index in [0.29, 0.717) is 11.7 Å². The van der Waals surface area contributed by atoms with E-state index in [1.54, 1.807) is 7.05 Å². The molecule has 4 rings (SSSR count). The molecule has 6 heteroatoms. The zero-order valence-corrected chi connectivity index (χ0v) is 16.0. The summed E-state index contributed by atoms with van der Waals surface area (Å²) < 4.78 is 7.57. The third-order valence-corrected chi connectivity index (χ3v) is 5.78. The van der Waals surface area contributed by atoms with Gasteiger partial charge in [-0.3, -0.25) is 14.4 Å². The molecule has 144 valence electrons. The Kier molecular flexibility index (Phi) is 5.55. The van der Waals surface area contributed by atoms with Crippen LogP contribution >= 0.6 is 0 Å². The van der Waals surface area contributed by atoms with Crippen LogP contribution in [0.15, 0.2) is 30.3 Å². The van der Waals surface area contributed by atoms with Gasteiger partial charge in [0, 0.05) is 44.0 Å². The van der Waals surface area contributed by atoms with Gasteiger partial charge < -0.3 is 10.1 Å². The van der Waals surface area contributed by atoms with Gasteiger partial charge in [0.15, 0.2) is 5.69 Å². The summed E-state index contributed by atoms with van der Waals surface area (Å²) in [4.78, 5) is 15.0. The van der Waals surface area contributed by atoms with Crippen LogP contribution in [0.4, 0.5) is 0 Å². The molecular weight excluding hydrogens is 340 g/mol. The summed E-state index contributed by atoms with van der Waals surface area (Å²) in [5.74, 6) is -0.0765. The number of aromatic nitrogens is 2. The number of fused-ring (bicyclic) bond motifs is 1. The van der Waals surface area contributed by atoms with Crippen LogP contribution in [0.5, 0.6) is 0 Å². The Morgan fingerprint density at radius 1 is 1.26 bits per heavy atom. The Bertz CT molecular complexity index is 781. The predicted molar refractivity (Wildman–Crippen MR) is 104 cm³/mol. The largest absolute Gasteiger partial charge is 0.379 e. The van der Waals surface area contributed by atoms with E-state index in [0.717, 1.165) is 64.1 Å². The van der Waals surface area contributed by atoms with Crippen LogP contribution in [-0.2, 0) is 30.5 Å². The van der Waals surface area contributed by atoms with E-state index in [1.165, 1.54) is 11.3 Å². The second kappa shape index (κ2) is 8.23. The Morgan fingerprint density at radius 2 is 2.04 bits per heavy atom. The molecule has 6 nitrogen and oxygen atoms in total. The van der Waals surface area contributed by atoms with Gasteiger partial charge in [-0.1, -0.05) is 30.3 Å². The van der Waals surface area contributed by atoms with E-state index in [-0.39, 0.29) is 5.91 Å². The van der Waals surface area contributed by atoms with Crippen LogP contribution in [-0.4, -0.2) is 60.0 Å². The molecule has 1 amide bonds. The van der Waals surface area contributed by atoms with Crippen molar-refractivity contribution in [1.29, 1.82) is 0 Å². The molecule has 1 fully saturated rings. The molecule has 2 heterocycles. The van der Waals surface area contributed by atoms with Crippen LogP contribution in [0.1, 0.15) is 33.7 Å². The Labute approximate surface area is 160 Å². The van der Waals surface area contributed by atoms with E-state index in [2.05, 4.69) is 39.2 Å². The van der Waals surface area contributed by atoms with Gasteiger partial charge in [0.1, 0.15) is 0 Å². The van der Waals surface area contributed by atoms with Crippen LogP contribution in [0.25, 0.3) is 0 Å². The topological polar surface area (TPSA) is 59.4 Å². The highest BCUT2D eigenvalue weighted by Gasteiger charge is 2.32. The SMILES string of the molecule is CNC(=O)c1nn(CCc2ccccc2)c2c1CC(N1CCOCC1)CC2. The first-order valence-corrected chi connectivity index (χ1v) is 9.92. The highest BCUT2D eigenvalue weighted by Crippen LogP contribution is 2.28. The molecule has 1 unspecified atom stereocenters. The maximum absolute atomic E-state index is 12.4. The normalized spacial score (nSPS) is 20.3. The van der Waals surface area contributed by atoms with Crippen molar-refractivity contribution in [2.75, 3.05) is 33.4 Å². The van der Waals surface area contributed by atoms with Crippen molar-refractivity contribution >= 4 is 5.91 Å². The van der Waals surface area contributed by atoms with Crippen LogP contribution in [0, 0.1) is 0 Å². The number of amides is 1. The molecule has 0 radical (unpaired) electrons. The smallest absolute Gasteiger partial charge is 0.271 e. The molecule has 1 aliphatic heterocycles. The molecule has 2 aliphatic rings. The molecule has 0 bridgehead atoms. The van der Waals surface area contributed by atoms with Crippen molar-refractivity contribution in [3.05, 3.63) is 52.8 Å². The van der Waals surface area contributed by atoms with E-state index in [9.17, 15) is 4.79 Å². The molecule has 2 aromatic rings. The zero-order chi connectivity index (χ0) is 18.6. The number of nitrogens with one attached hydrogen (secondary N) is 1. The number of carbonyl (C=O) groups excluding carboxylic acids is 1. The van der Waals surface area contributed by atoms with Gasteiger partial charge in [0.25, 0.3) is 5.91 Å². The summed E-state index contributed by atoms with van der Waals surface area (Å²) >= 11 is 0. The van der Waals surface area contributed by atoms with E-state index < -0.39 is 0 Å². The molecule has 1 aromatic heterocycles. The van der Waals surface area contributed by atoms with Gasteiger partial charge in [-0.05, 0) is 31.2 Å². The molecule has 1 atom stereocenters. The Hall–Kier alpha value is -2.18. The molecular formula is C21H28N4O2. The number of ether oxygens (including phenoxy) is 1. The highest BCUT2D eigenvalue weighted by molar-refractivity contribution is 5.93. The fourth-order valence-corrected chi connectivity index (χ4v) is 4.29.